The van der Waals surface area contributed by atoms with E-state index in [0.29, 0.717) is 0 Å². The number of rotatable bonds is 9. The van der Waals surface area contributed by atoms with Crippen molar-refractivity contribution in [3.05, 3.63) is 376 Å². The van der Waals surface area contributed by atoms with E-state index in [1.54, 1.807) is 0 Å². The standard InChI is InChI=1S/C104H62N2/c1-3-18-63(19-4-1)66-39-44-80-70(54-66)24-15-31-79(80)71-22-13-23-72(56-71)81-50-52-96-102-84-45-40-67(55-73(84)43-49-94(102)92-34-16-32-89(81)103(92)96)65-21-14-27-78(60-65)106-98-37-12-10-30-86(98)88-47-42-69(62-100(88)106)75-57-74(68-41-46-87-85-29-9-11-36-97(85)105(99(87)61-68)77-25-5-2-6-26-77)58-76(59-75)82-51-53-95-101-83-28-8-7-20-64(83)38-48-93(101)91-35-17-33-90(82)104(91)95/h1-62H. The van der Waals surface area contributed by atoms with Gasteiger partial charge in [0.05, 0.1) is 22.1 Å². The third-order valence-corrected chi connectivity index (χ3v) is 23.3. The lowest BCUT2D eigenvalue weighted by molar-refractivity contribution is 1.18. The Balaban J connectivity index is 0.631. The van der Waals surface area contributed by atoms with E-state index in [-0.39, 0.29) is 0 Å². The van der Waals surface area contributed by atoms with Crippen LogP contribution in [0.15, 0.2) is 376 Å². The van der Waals surface area contributed by atoms with Gasteiger partial charge in [-0.25, -0.2) is 0 Å². The molecule has 0 saturated carbocycles. The molecule has 0 N–H and O–H groups in total. The number of aromatic nitrogens is 2. The van der Waals surface area contributed by atoms with Crippen molar-refractivity contribution in [2.24, 2.45) is 0 Å². The highest BCUT2D eigenvalue weighted by atomic mass is 15.0. The smallest absolute Gasteiger partial charge is 0.0547 e. The minimum atomic E-state index is 1.12. The van der Waals surface area contributed by atoms with E-state index in [4.69, 9.17) is 0 Å². The lowest BCUT2D eigenvalue weighted by Crippen LogP contribution is -1.95. The molecule has 0 atom stereocenters. The fraction of sp³-hybridized carbons (Fsp3) is 0. The van der Waals surface area contributed by atoms with Gasteiger partial charge in [0.15, 0.2) is 0 Å². The maximum Gasteiger partial charge on any atom is 0.0547 e. The Kier molecular flexibility index (Phi) is 12.6. The summed E-state index contributed by atoms with van der Waals surface area (Å²) < 4.78 is 4.92. The third kappa shape index (κ3) is 8.80. The van der Waals surface area contributed by atoms with Gasteiger partial charge in [-0.3, -0.25) is 0 Å². The minimum Gasteiger partial charge on any atom is -0.309 e. The number of nitrogens with zero attached hydrogens (tertiary/aromatic N) is 2. The maximum atomic E-state index is 2.49. The Bertz CT molecular complexity index is 7370. The molecule has 0 spiro atoms. The van der Waals surface area contributed by atoms with Crippen molar-refractivity contribution >= 4 is 97.5 Å². The van der Waals surface area contributed by atoms with E-state index < -0.39 is 0 Å². The van der Waals surface area contributed by atoms with Gasteiger partial charge in [-0.2, -0.15) is 0 Å². The quantitative estimate of drug-likeness (QED) is 0.136. The second-order valence-corrected chi connectivity index (χ2v) is 29.0. The predicted octanol–water partition coefficient (Wildman–Crippen LogP) is 28.6. The number of benzene rings is 19. The Morgan fingerprint density at radius 3 is 1.16 bits per heavy atom. The Morgan fingerprint density at radius 2 is 0.509 bits per heavy atom. The van der Waals surface area contributed by atoms with Crippen LogP contribution in [-0.2, 0) is 0 Å². The van der Waals surface area contributed by atoms with Crippen LogP contribution in [0.4, 0.5) is 0 Å². The molecule has 23 rings (SSSR count). The zero-order chi connectivity index (χ0) is 69.2. The van der Waals surface area contributed by atoms with Gasteiger partial charge in [0.25, 0.3) is 0 Å². The van der Waals surface area contributed by atoms with E-state index in [2.05, 4.69) is 385 Å². The van der Waals surface area contributed by atoms with E-state index in [1.807, 2.05) is 0 Å². The lowest BCUT2D eigenvalue weighted by atomic mass is 9.89. The molecule has 0 saturated heterocycles. The molecule has 19 aromatic carbocycles. The molecule has 2 aliphatic carbocycles. The van der Waals surface area contributed by atoms with Gasteiger partial charge in [-0.1, -0.05) is 291 Å². The number of fused-ring (bicyclic) bond motifs is 17. The second kappa shape index (κ2) is 22.8. The molecule has 106 heavy (non-hydrogen) atoms. The van der Waals surface area contributed by atoms with E-state index in [1.165, 1.54) is 192 Å². The van der Waals surface area contributed by atoms with Gasteiger partial charge in [0, 0.05) is 32.9 Å². The Hall–Kier alpha value is -13.9. The van der Waals surface area contributed by atoms with Gasteiger partial charge < -0.3 is 9.13 Å². The van der Waals surface area contributed by atoms with E-state index in [9.17, 15) is 0 Å². The van der Waals surface area contributed by atoms with Gasteiger partial charge in [-0.05, 0) is 261 Å². The zero-order valence-electron chi connectivity index (χ0n) is 57.7. The summed E-state index contributed by atoms with van der Waals surface area (Å²) in [5, 5.41) is 17.6. The summed E-state index contributed by atoms with van der Waals surface area (Å²) in [5.74, 6) is 0. The van der Waals surface area contributed by atoms with Crippen molar-refractivity contribution in [1.29, 1.82) is 0 Å². The summed E-state index contributed by atoms with van der Waals surface area (Å²) >= 11 is 0. The molecule has 488 valence electrons. The second-order valence-electron chi connectivity index (χ2n) is 29.0. The van der Waals surface area contributed by atoms with E-state index in [0.717, 1.165) is 39.1 Å². The highest BCUT2D eigenvalue weighted by Gasteiger charge is 2.28. The van der Waals surface area contributed by atoms with Crippen molar-refractivity contribution in [1.82, 2.24) is 9.13 Å². The molecule has 2 heterocycles. The average Bonchev–Trinajstić information content (AvgIpc) is 1.57. The highest BCUT2D eigenvalue weighted by Crippen LogP contribution is 2.55. The van der Waals surface area contributed by atoms with Crippen LogP contribution in [0.5, 0.6) is 0 Å². The van der Waals surface area contributed by atoms with Crippen molar-refractivity contribution in [3.8, 4) is 134 Å². The summed E-state index contributed by atoms with van der Waals surface area (Å²) in [6.07, 6.45) is 0. The van der Waals surface area contributed by atoms with Crippen molar-refractivity contribution in [2.45, 2.75) is 0 Å². The molecule has 0 fully saturated rings. The molecule has 0 bridgehead atoms. The van der Waals surface area contributed by atoms with Gasteiger partial charge >= 0.3 is 0 Å². The summed E-state index contributed by atoms with van der Waals surface area (Å²) in [6, 6.07) is 141. The number of para-hydroxylation sites is 3. The van der Waals surface area contributed by atoms with Crippen LogP contribution < -0.4 is 0 Å². The molecule has 2 heteroatoms. The van der Waals surface area contributed by atoms with Gasteiger partial charge in [-0.15, -0.1) is 0 Å². The monoisotopic (exact) mass is 1340 g/mol. The van der Waals surface area contributed by atoms with E-state index >= 15 is 0 Å². The molecule has 0 unspecified atom stereocenters. The normalized spacial score (nSPS) is 12.2. The van der Waals surface area contributed by atoms with Gasteiger partial charge in [0.1, 0.15) is 0 Å². The van der Waals surface area contributed by atoms with Crippen molar-refractivity contribution < 1.29 is 0 Å². The zero-order valence-corrected chi connectivity index (χ0v) is 57.7. The number of hydrogen-bond donors (Lipinski definition) is 0. The molecule has 21 aromatic rings. The summed E-state index contributed by atoms with van der Waals surface area (Å²) in [6.45, 7) is 0. The minimum absolute atomic E-state index is 1.12. The number of hydrogen-bond acceptors (Lipinski definition) is 0. The Morgan fingerprint density at radius 1 is 0.142 bits per heavy atom. The molecular weight excluding hydrogens is 1280 g/mol. The lowest BCUT2D eigenvalue weighted by Gasteiger charge is -2.15. The van der Waals surface area contributed by atoms with Crippen LogP contribution in [0, 0.1) is 0 Å². The van der Waals surface area contributed by atoms with Crippen LogP contribution in [0.3, 0.4) is 0 Å². The van der Waals surface area contributed by atoms with Crippen LogP contribution in [0.1, 0.15) is 0 Å². The Labute approximate surface area is 612 Å². The fourth-order valence-electron chi connectivity index (χ4n) is 18.6. The molecule has 0 aliphatic heterocycles. The first-order valence-electron chi connectivity index (χ1n) is 36.8. The molecule has 0 radical (unpaired) electrons. The molecule has 0 amide bonds. The average molecular weight is 1340 g/mol. The maximum absolute atomic E-state index is 2.49. The topological polar surface area (TPSA) is 9.86 Å². The predicted molar refractivity (Wildman–Crippen MR) is 450 cm³/mol. The van der Waals surface area contributed by atoms with Crippen molar-refractivity contribution in [2.75, 3.05) is 0 Å². The fourth-order valence-corrected chi connectivity index (χ4v) is 18.6. The molecule has 2 aromatic heterocycles. The van der Waals surface area contributed by atoms with Crippen LogP contribution in [0.25, 0.3) is 231 Å². The summed E-state index contributed by atoms with van der Waals surface area (Å²) in [5.41, 5.74) is 34.2. The third-order valence-electron chi connectivity index (χ3n) is 23.3. The van der Waals surface area contributed by atoms with Crippen LogP contribution >= 0.6 is 0 Å². The molecule has 2 nitrogen and oxygen atoms in total. The SMILES string of the molecule is c1ccc(-c2ccc3c(-c4cccc(-c5ccc6c7c(cccc57)-c5ccc7cc(-c8cccc(-n9c%10ccccc%10c%10ccc(-c%11cc(-c%12ccc%13c%14ccccc%14n(-c%14ccccc%14)c%13c%12)cc(-c%12ccc%13c%14c(cccc%12%14)-c%12ccc%14ccccc%14c%12-%13)c%11)cc%109)c8)ccc7c5-6)c4)cccc3c2)cc1. The van der Waals surface area contributed by atoms with Gasteiger partial charge in [0.2, 0.25) is 0 Å². The first kappa shape index (κ1) is 58.7. The van der Waals surface area contributed by atoms with Crippen LogP contribution in [-0.4, -0.2) is 9.13 Å². The molecular formula is C104H62N2. The highest BCUT2D eigenvalue weighted by molar-refractivity contribution is 6.26. The first-order valence-corrected chi connectivity index (χ1v) is 36.8. The first-order chi connectivity index (χ1) is 52.5. The molecule has 2 aliphatic rings. The summed E-state index contributed by atoms with van der Waals surface area (Å²) in [7, 11) is 0. The summed E-state index contributed by atoms with van der Waals surface area (Å²) in [4.78, 5) is 0. The largest absolute Gasteiger partial charge is 0.309 e. The van der Waals surface area contributed by atoms with Crippen LogP contribution in [0.2, 0.25) is 0 Å². The van der Waals surface area contributed by atoms with Crippen molar-refractivity contribution in [3.63, 3.8) is 0 Å².